The van der Waals surface area contributed by atoms with E-state index in [1.807, 2.05) is 31.2 Å². The summed E-state index contributed by atoms with van der Waals surface area (Å²) in [7, 11) is 1.64. The lowest BCUT2D eigenvalue weighted by Crippen LogP contribution is -1.98. The average Bonchev–Trinajstić information content (AvgIpc) is 2.98. The van der Waals surface area contributed by atoms with Gasteiger partial charge >= 0.3 is 0 Å². The van der Waals surface area contributed by atoms with Crippen LogP contribution in [-0.2, 0) is 11.9 Å². The fourth-order valence-electron chi connectivity index (χ4n) is 3.14. The number of aromatic nitrogens is 1. The van der Waals surface area contributed by atoms with Gasteiger partial charge in [-0.3, -0.25) is 0 Å². The molecule has 0 N–H and O–H groups in total. The zero-order valence-corrected chi connectivity index (χ0v) is 15.5. The Labute approximate surface area is 153 Å². The van der Waals surface area contributed by atoms with E-state index < -0.39 is 0 Å². The molecular weight excluding hydrogens is 382 g/mol. The van der Waals surface area contributed by atoms with Crippen LogP contribution in [0.5, 0.6) is 5.75 Å². The first kappa shape index (κ1) is 17.2. The molecule has 25 heavy (non-hydrogen) atoms. The number of hydrogen-bond acceptors (Lipinski definition) is 4. The third-order valence-corrected chi connectivity index (χ3v) is 4.89. The second-order valence-electron chi connectivity index (χ2n) is 5.53. The molecule has 0 unspecified atom stereocenters. The number of alkyl halides is 1. The molecule has 0 bridgehead atoms. The van der Waals surface area contributed by atoms with Crippen molar-refractivity contribution in [2.24, 2.45) is 5.18 Å². The lowest BCUT2D eigenvalue weighted by Gasteiger charge is -2.10. The summed E-state index contributed by atoms with van der Waals surface area (Å²) in [6, 6.07) is 13.3. The summed E-state index contributed by atoms with van der Waals surface area (Å²) < 4.78 is 7.58. The van der Waals surface area contributed by atoms with Gasteiger partial charge in [0, 0.05) is 28.9 Å². The van der Waals surface area contributed by atoms with E-state index in [9.17, 15) is 10.2 Å². The normalized spacial score (nSPS) is 10.6. The number of rotatable bonds is 5. The van der Waals surface area contributed by atoms with Gasteiger partial charge in [0.2, 0.25) is 0 Å². The molecule has 126 valence electrons. The fraction of sp³-hybridized carbons (Fsp3) is 0.211. The lowest BCUT2D eigenvalue weighted by atomic mass is 10.0. The SMILES string of the molecule is CCn1c(-c2ccc(N=O)cc2)c(C#N)c2cc(CBr)c(OC)cc21. The van der Waals surface area contributed by atoms with Crippen LogP contribution in [0.15, 0.2) is 41.6 Å². The molecule has 2 aromatic carbocycles. The van der Waals surface area contributed by atoms with Gasteiger partial charge in [-0.15, -0.1) is 4.91 Å². The maximum Gasteiger partial charge on any atom is 0.125 e. The Bertz CT molecular complexity index is 985. The highest BCUT2D eigenvalue weighted by atomic mass is 79.9. The number of fused-ring (bicyclic) bond motifs is 1. The molecule has 0 aliphatic heterocycles. The second kappa shape index (κ2) is 7.08. The number of aryl methyl sites for hydroxylation is 1. The molecule has 0 saturated carbocycles. The number of nitriles is 1. The number of nitroso groups, excluding NO2 is 1. The van der Waals surface area contributed by atoms with Crippen LogP contribution < -0.4 is 4.74 Å². The predicted molar refractivity (Wildman–Crippen MR) is 102 cm³/mol. The van der Waals surface area contributed by atoms with E-state index in [0.717, 1.165) is 33.5 Å². The zero-order valence-electron chi connectivity index (χ0n) is 13.9. The second-order valence-corrected chi connectivity index (χ2v) is 6.09. The number of ether oxygens (including phenoxy) is 1. The largest absolute Gasteiger partial charge is 0.496 e. The summed E-state index contributed by atoms with van der Waals surface area (Å²) >= 11 is 3.47. The van der Waals surface area contributed by atoms with Crippen molar-refractivity contribution in [3.63, 3.8) is 0 Å². The van der Waals surface area contributed by atoms with E-state index in [1.165, 1.54) is 0 Å². The highest BCUT2D eigenvalue weighted by Crippen LogP contribution is 2.37. The predicted octanol–water partition coefficient (Wildman–Crippen LogP) is 5.50. The average molecular weight is 398 g/mol. The Balaban J connectivity index is 2.37. The molecule has 0 aliphatic rings. The van der Waals surface area contributed by atoms with Gasteiger partial charge < -0.3 is 9.30 Å². The van der Waals surface area contributed by atoms with Gasteiger partial charge in [0.25, 0.3) is 0 Å². The smallest absolute Gasteiger partial charge is 0.125 e. The van der Waals surface area contributed by atoms with Gasteiger partial charge in [-0.2, -0.15) is 5.26 Å². The first-order valence-corrected chi connectivity index (χ1v) is 8.93. The molecule has 0 amide bonds. The van der Waals surface area contributed by atoms with E-state index >= 15 is 0 Å². The fourth-order valence-corrected chi connectivity index (χ4v) is 3.58. The molecule has 0 radical (unpaired) electrons. The number of benzene rings is 2. The van der Waals surface area contributed by atoms with Crippen LogP contribution >= 0.6 is 15.9 Å². The monoisotopic (exact) mass is 397 g/mol. The van der Waals surface area contributed by atoms with Crippen molar-refractivity contribution in [3.8, 4) is 23.1 Å². The van der Waals surface area contributed by atoms with Crippen LogP contribution in [0, 0.1) is 16.2 Å². The van der Waals surface area contributed by atoms with E-state index in [4.69, 9.17) is 4.74 Å². The topological polar surface area (TPSA) is 67.4 Å². The van der Waals surface area contributed by atoms with E-state index in [2.05, 4.69) is 31.7 Å². The van der Waals surface area contributed by atoms with Crippen molar-refractivity contribution in [1.82, 2.24) is 4.57 Å². The van der Waals surface area contributed by atoms with Crippen molar-refractivity contribution in [2.75, 3.05) is 7.11 Å². The minimum atomic E-state index is 0.365. The Morgan fingerprint density at radius 3 is 2.52 bits per heavy atom. The molecule has 6 heteroatoms. The summed E-state index contributed by atoms with van der Waals surface area (Å²) in [6.07, 6.45) is 0. The number of nitrogens with zero attached hydrogens (tertiary/aromatic N) is 3. The number of hydrogen-bond donors (Lipinski definition) is 0. The van der Waals surface area contributed by atoms with Crippen LogP contribution in [0.25, 0.3) is 22.2 Å². The van der Waals surface area contributed by atoms with Crippen LogP contribution in [0.1, 0.15) is 18.1 Å². The maximum absolute atomic E-state index is 10.7. The Kier molecular flexibility index (Phi) is 4.86. The van der Waals surface area contributed by atoms with E-state index in [1.54, 1.807) is 19.2 Å². The third kappa shape index (κ3) is 2.81. The Morgan fingerprint density at radius 2 is 2.00 bits per heavy atom. The molecule has 0 atom stereocenters. The van der Waals surface area contributed by atoms with E-state index in [0.29, 0.717) is 23.1 Å². The summed E-state index contributed by atoms with van der Waals surface area (Å²) in [5, 5.41) is 14.3. The molecule has 0 saturated heterocycles. The van der Waals surface area contributed by atoms with Crippen molar-refractivity contribution >= 4 is 32.5 Å². The van der Waals surface area contributed by atoms with Gasteiger partial charge in [0.15, 0.2) is 0 Å². The van der Waals surface area contributed by atoms with Gasteiger partial charge in [-0.25, -0.2) is 0 Å². The van der Waals surface area contributed by atoms with Crippen molar-refractivity contribution in [1.29, 1.82) is 5.26 Å². The van der Waals surface area contributed by atoms with Gasteiger partial charge in [0.05, 0.1) is 23.9 Å². The van der Waals surface area contributed by atoms with Crippen LogP contribution in [-0.4, -0.2) is 11.7 Å². The van der Waals surface area contributed by atoms with Crippen molar-refractivity contribution in [3.05, 3.63) is 52.4 Å². The van der Waals surface area contributed by atoms with Gasteiger partial charge in [-0.1, -0.05) is 28.1 Å². The highest BCUT2D eigenvalue weighted by molar-refractivity contribution is 9.08. The number of methoxy groups -OCH3 is 1. The number of halogens is 1. The molecule has 3 aromatic rings. The van der Waals surface area contributed by atoms with Gasteiger partial charge in [0.1, 0.15) is 17.5 Å². The molecule has 1 aromatic heterocycles. The summed E-state index contributed by atoms with van der Waals surface area (Å²) in [5.74, 6) is 0.785. The Morgan fingerprint density at radius 1 is 1.28 bits per heavy atom. The minimum absolute atomic E-state index is 0.365. The molecular formula is C19H16BrN3O2. The van der Waals surface area contributed by atoms with Crippen LogP contribution in [0.3, 0.4) is 0 Å². The summed E-state index contributed by atoms with van der Waals surface area (Å²) in [5.41, 5.74) is 4.64. The standard InChI is InChI=1S/C19H16BrN3O2/c1-3-23-17-9-18(25-2)13(10-20)8-15(17)16(11-21)19(23)12-4-6-14(22-24)7-5-12/h4-9H,3,10H2,1-2H3. The molecule has 5 nitrogen and oxygen atoms in total. The third-order valence-electron chi connectivity index (χ3n) is 4.28. The summed E-state index contributed by atoms with van der Waals surface area (Å²) in [6.45, 7) is 2.74. The van der Waals surface area contributed by atoms with Gasteiger partial charge in [-0.05, 0) is 35.9 Å². The highest BCUT2D eigenvalue weighted by Gasteiger charge is 2.20. The maximum atomic E-state index is 10.7. The summed E-state index contributed by atoms with van der Waals surface area (Å²) in [4.78, 5) is 10.7. The first-order valence-electron chi connectivity index (χ1n) is 7.81. The first-order chi connectivity index (χ1) is 12.2. The molecule has 0 aliphatic carbocycles. The van der Waals surface area contributed by atoms with Crippen LogP contribution in [0.4, 0.5) is 5.69 Å². The quantitative estimate of drug-likeness (QED) is 0.421. The minimum Gasteiger partial charge on any atom is -0.496 e. The molecule has 0 spiro atoms. The van der Waals surface area contributed by atoms with Crippen LogP contribution in [0.2, 0.25) is 0 Å². The zero-order chi connectivity index (χ0) is 18.0. The van der Waals surface area contributed by atoms with Crippen molar-refractivity contribution in [2.45, 2.75) is 18.8 Å². The lowest BCUT2D eigenvalue weighted by molar-refractivity contribution is 0.412. The van der Waals surface area contributed by atoms with E-state index in [-0.39, 0.29) is 0 Å². The Hall–Kier alpha value is -2.65. The molecule has 1 heterocycles. The van der Waals surface area contributed by atoms with Crippen molar-refractivity contribution < 1.29 is 4.74 Å². The molecule has 0 fully saturated rings. The molecule has 3 rings (SSSR count).